The van der Waals surface area contributed by atoms with Gasteiger partial charge in [-0.2, -0.15) is 0 Å². The molecule has 2 fully saturated rings. The lowest BCUT2D eigenvalue weighted by atomic mass is 9.80. The highest BCUT2D eigenvalue weighted by Crippen LogP contribution is 2.36. The zero-order valence-corrected chi connectivity index (χ0v) is 17.0. The summed E-state index contributed by atoms with van der Waals surface area (Å²) < 4.78 is 22.9. The van der Waals surface area contributed by atoms with Crippen LogP contribution in [0.25, 0.3) is 0 Å². The highest BCUT2D eigenvalue weighted by Gasteiger charge is 2.51. The number of pyridine rings is 1. The summed E-state index contributed by atoms with van der Waals surface area (Å²) in [6.07, 6.45) is 6.24. The lowest BCUT2D eigenvalue weighted by Gasteiger charge is -2.32. The van der Waals surface area contributed by atoms with E-state index in [9.17, 15) is 4.79 Å². The van der Waals surface area contributed by atoms with E-state index >= 15 is 0 Å². The third-order valence-electron chi connectivity index (χ3n) is 6.05. The maximum absolute atomic E-state index is 11.4. The number of methoxy groups -OCH3 is 1. The highest BCUT2D eigenvalue weighted by atomic mass is 16.7. The van der Waals surface area contributed by atoms with Gasteiger partial charge in [0.15, 0.2) is 0 Å². The predicted octanol–water partition coefficient (Wildman–Crippen LogP) is 2.88. The van der Waals surface area contributed by atoms with Crippen LogP contribution in [0.1, 0.15) is 59.8 Å². The van der Waals surface area contributed by atoms with Crippen LogP contribution in [-0.4, -0.2) is 42.5 Å². The fourth-order valence-electron chi connectivity index (χ4n) is 3.52. The number of carbonyl (C=O) groups is 1. The molecule has 1 aromatic rings. The average Bonchev–Trinajstić information content (AvgIpc) is 2.85. The molecule has 27 heavy (non-hydrogen) atoms. The summed E-state index contributed by atoms with van der Waals surface area (Å²) in [6.45, 7) is 8.14. The molecule has 1 saturated carbocycles. The van der Waals surface area contributed by atoms with Crippen molar-refractivity contribution in [1.82, 2.24) is 4.98 Å². The first-order chi connectivity index (χ1) is 12.7. The van der Waals surface area contributed by atoms with E-state index in [1.165, 1.54) is 7.11 Å². The molecule has 2 aliphatic rings. The van der Waals surface area contributed by atoms with Crippen molar-refractivity contribution in [2.45, 2.75) is 77.1 Å². The second-order valence-electron chi connectivity index (χ2n) is 8.56. The molecule has 148 valence electrons. The third kappa shape index (κ3) is 4.64. The minimum absolute atomic E-state index is 0.126. The minimum atomic E-state index is -0.412. The Balaban J connectivity index is 1.51. The number of hydrogen-bond donors (Lipinski definition) is 0. The van der Waals surface area contributed by atoms with Gasteiger partial charge < -0.3 is 18.8 Å². The first-order valence-corrected chi connectivity index (χ1v) is 9.75. The number of hydrogen-bond acceptors (Lipinski definition) is 6. The molecule has 0 amide bonds. The number of nitrogens with zero attached hydrogens (tertiary/aromatic N) is 1. The van der Waals surface area contributed by atoms with Crippen LogP contribution in [0.4, 0.5) is 0 Å². The first kappa shape index (κ1) is 20.1. The van der Waals surface area contributed by atoms with Crippen LogP contribution in [0.3, 0.4) is 0 Å². The molecular formula is C20H30BNO5. The summed E-state index contributed by atoms with van der Waals surface area (Å²) in [4.78, 5) is 15.8. The van der Waals surface area contributed by atoms with Crippen LogP contribution in [0.2, 0.25) is 0 Å². The SMILES string of the molecule is COC(=O)C[C@H]1CC[C@@H](Oc2ccc(B3OC(C)(C)C(C)(C)O3)cn2)CC1. The van der Waals surface area contributed by atoms with Crippen LogP contribution in [0.15, 0.2) is 18.3 Å². The number of aromatic nitrogens is 1. The van der Waals surface area contributed by atoms with E-state index in [1.54, 1.807) is 6.20 Å². The number of carbonyl (C=O) groups excluding carboxylic acids is 1. The molecular weight excluding hydrogens is 345 g/mol. The van der Waals surface area contributed by atoms with Gasteiger partial charge in [0.1, 0.15) is 6.10 Å². The van der Waals surface area contributed by atoms with Gasteiger partial charge in [0.25, 0.3) is 0 Å². The van der Waals surface area contributed by atoms with Crippen molar-refractivity contribution in [3.05, 3.63) is 18.3 Å². The Bertz CT molecular complexity index is 637. The summed E-state index contributed by atoms with van der Waals surface area (Å²) >= 11 is 0. The van der Waals surface area contributed by atoms with Gasteiger partial charge in [0.2, 0.25) is 5.88 Å². The Labute approximate surface area is 162 Å². The zero-order chi connectivity index (χ0) is 19.7. The predicted molar refractivity (Wildman–Crippen MR) is 103 cm³/mol. The van der Waals surface area contributed by atoms with Gasteiger partial charge in [-0.15, -0.1) is 0 Å². The van der Waals surface area contributed by atoms with Crippen molar-refractivity contribution in [1.29, 1.82) is 0 Å². The minimum Gasteiger partial charge on any atom is -0.474 e. The van der Waals surface area contributed by atoms with Crippen molar-refractivity contribution < 1.29 is 23.6 Å². The second-order valence-corrected chi connectivity index (χ2v) is 8.56. The van der Waals surface area contributed by atoms with E-state index in [1.807, 2.05) is 39.8 Å². The lowest BCUT2D eigenvalue weighted by Crippen LogP contribution is -2.41. The maximum atomic E-state index is 11.4. The molecule has 1 aliphatic carbocycles. The fourth-order valence-corrected chi connectivity index (χ4v) is 3.52. The molecule has 0 N–H and O–H groups in total. The Morgan fingerprint density at radius 3 is 2.30 bits per heavy atom. The molecule has 0 radical (unpaired) electrons. The van der Waals surface area contributed by atoms with Gasteiger partial charge in [-0.25, -0.2) is 4.98 Å². The van der Waals surface area contributed by atoms with Gasteiger partial charge in [-0.05, 0) is 65.4 Å². The molecule has 0 spiro atoms. The van der Waals surface area contributed by atoms with Gasteiger partial charge in [0.05, 0.1) is 18.3 Å². The molecule has 0 bridgehead atoms. The summed E-state index contributed by atoms with van der Waals surface area (Å²) in [6, 6.07) is 3.83. The van der Waals surface area contributed by atoms with Crippen LogP contribution >= 0.6 is 0 Å². The van der Waals surface area contributed by atoms with E-state index in [0.717, 1.165) is 31.1 Å². The molecule has 7 heteroatoms. The van der Waals surface area contributed by atoms with Gasteiger partial charge >= 0.3 is 13.1 Å². The van der Waals surface area contributed by atoms with E-state index in [4.69, 9.17) is 18.8 Å². The van der Waals surface area contributed by atoms with Crippen molar-refractivity contribution >= 4 is 18.6 Å². The molecule has 0 unspecified atom stereocenters. The molecule has 2 heterocycles. The molecule has 0 atom stereocenters. The molecule has 3 rings (SSSR count). The lowest BCUT2D eigenvalue weighted by molar-refractivity contribution is -0.142. The van der Waals surface area contributed by atoms with Crippen LogP contribution in [0, 0.1) is 5.92 Å². The van der Waals surface area contributed by atoms with E-state index < -0.39 is 7.12 Å². The summed E-state index contributed by atoms with van der Waals surface area (Å²) in [5, 5.41) is 0. The van der Waals surface area contributed by atoms with Crippen molar-refractivity contribution in [2.24, 2.45) is 5.92 Å². The molecule has 1 aromatic heterocycles. The number of ether oxygens (including phenoxy) is 2. The molecule has 1 saturated heterocycles. The van der Waals surface area contributed by atoms with Gasteiger partial charge in [0, 0.05) is 18.1 Å². The second kappa shape index (κ2) is 7.80. The van der Waals surface area contributed by atoms with Crippen LogP contribution in [0.5, 0.6) is 5.88 Å². The topological polar surface area (TPSA) is 66.9 Å². The maximum Gasteiger partial charge on any atom is 0.496 e. The summed E-state index contributed by atoms with van der Waals surface area (Å²) in [7, 11) is 1.03. The Hall–Kier alpha value is -1.60. The number of esters is 1. The zero-order valence-electron chi connectivity index (χ0n) is 17.0. The Morgan fingerprint density at radius 1 is 1.15 bits per heavy atom. The van der Waals surface area contributed by atoms with Crippen LogP contribution in [-0.2, 0) is 18.8 Å². The van der Waals surface area contributed by atoms with E-state index in [-0.39, 0.29) is 23.3 Å². The van der Waals surface area contributed by atoms with Gasteiger partial charge in [-0.3, -0.25) is 4.79 Å². The van der Waals surface area contributed by atoms with Crippen molar-refractivity contribution in [3.63, 3.8) is 0 Å². The normalized spacial score (nSPS) is 26.6. The highest BCUT2D eigenvalue weighted by molar-refractivity contribution is 6.62. The number of rotatable bonds is 5. The molecule has 1 aliphatic heterocycles. The standard InChI is InChI=1S/C20H30BNO5/c1-19(2)20(3,4)27-21(26-19)15-8-11-17(22-13-15)25-16-9-6-14(7-10-16)12-18(23)24-5/h8,11,13-14,16H,6-7,9-10,12H2,1-5H3/t14-,16+. The van der Waals surface area contributed by atoms with Crippen LogP contribution < -0.4 is 10.2 Å². The Morgan fingerprint density at radius 2 is 1.78 bits per heavy atom. The van der Waals surface area contributed by atoms with Crippen molar-refractivity contribution in [2.75, 3.05) is 7.11 Å². The summed E-state index contributed by atoms with van der Waals surface area (Å²) in [5.41, 5.74) is 0.161. The smallest absolute Gasteiger partial charge is 0.474 e. The quantitative estimate of drug-likeness (QED) is 0.583. The van der Waals surface area contributed by atoms with E-state index in [2.05, 4.69) is 4.98 Å². The Kier molecular flexibility index (Phi) is 5.82. The first-order valence-electron chi connectivity index (χ1n) is 9.75. The van der Waals surface area contributed by atoms with Gasteiger partial charge in [-0.1, -0.05) is 6.07 Å². The fraction of sp³-hybridized carbons (Fsp3) is 0.700. The third-order valence-corrected chi connectivity index (χ3v) is 6.05. The van der Waals surface area contributed by atoms with E-state index in [0.29, 0.717) is 18.2 Å². The van der Waals surface area contributed by atoms with Crippen molar-refractivity contribution in [3.8, 4) is 5.88 Å². The average molecular weight is 375 g/mol. The molecule has 0 aromatic carbocycles. The summed E-state index contributed by atoms with van der Waals surface area (Å²) in [5.74, 6) is 0.891. The monoisotopic (exact) mass is 375 g/mol. The largest absolute Gasteiger partial charge is 0.496 e. The molecule has 6 nitrogen and oxygen atoms in total.